The van der Waals surface area contributed by atoms with Crippen LogP contribution in [0.3, 0.4) is 0 Å². The van der Waals surface area contributed by atoms with Crippen LogP contribution >= 0.6 is 0 Å². The minimum Gasteiger partial charge on any atom is -0.508 e. The molecule has 0 saturated carbocycles. The number of pyridine rings is 1. The molecule has 2 aromatic heterocycles. The van der Waals surface area contributed by atoms with Gasteiger partial charge >= 0.3 is 6.18 Å². The van der Waals surface area contributed by atoms with Crippen LogP contribution in [0, 0.1) is 0 Å². The lowest BCUT2D eigenvalue weighted by atomic mass is 10.1. The number of aliphatic hydroxyl groups excluding tert-OH is 1. The molecule has 0 radical (unpaired) electrons. The molecule has 0 spiro atoms. The number of allylic oxidation sites excluding steroid dienone is 6. The van der Waals surface area contributed by atoms with Gasteiger partial charge in [0.05, 0.1) is 17.6 Å². The Balaban J connectivity index is 1.62. The van der Waals surface area contributed by atoms with Gasteiger partial charge in [-0.15, -0.1) is 0 Å². The van der Waals surface area contributed by atoms with Gasteiger partial charge in [0.1, 0.15) is 17.3 Å². The molecule has 4 rings (SSSR count). The Bertz CT molecular complexity index is 1250. The molecule has 7 nitrogen and oxygen atoms in total. The molecule has 1 aliphatic heterocycles. The molecule has 33 heavy (non-hydrogen) atoms. The zero-order valence-corrected chi connectivity index (χ0v) is 17.1. The van der Waals surface area contributed by atoms with Gasteiger partial charge in [-0.3, -0.25) is 9.78 Å². The van der Waals surface area contributed by atoms with Crippen LogP contribution in [-0.4, -0.2) is 31.6 Å². The van der Waals surface area contributed by atoms with Crippen molar-refractivity contribution in [2.45, 2.75) is 19.0 Å². The summed E-state index contributed by atoms with van der Waals surface area (Å²) in [4.78, 5) is 20.6. The molecule has 168 valence electrons. The van der Waals surface area contributed by atoms with E-state index in [1.165, 1.54) is 36.8 Å². The standard InChI is InChI=1S/C23H18F3N5O2/c24-23(25,26)20-12-19(16-6-4-10-27-13-16)30-31(20)17-7-3-9-21(28-14-17)29-22(33)15-5-1-2-8-18(32)11-15/h1-4,6,8-14,32H,5,7H2,(H,28,29,33). The predicted octanol–water partition coefficient (Wildman–Crippen LogP) is 4.57. The smallest absolute Gasteiger partial charge is 0.433 e. The van der Waals surface area contributed by atoms with Crippen LogP contribution < -0.4 is 5.32 Å². The molecule has 0 saturated heterocycles. The van der Waals surface area contributed by atoms with Gasteiger partial charge in [-0.1, -0.05) is 18.2 Å². The van der Waals surface area contributed by atoms with E-state index < -0.39 is 17.8 Å². The van der Waals surface area contributed by atoms with Crippen molar-refractivity contribution in [1.29, 1.82) is 0 Å². The maximum absolute atomic E-state index is 13.7. The fourth-order valence-corrected chi connectivity index (χ4v) is 3.21. The summed E-state index contributed by atoms with van der Waals surface area (Å²) in [7, 11) is 0. The summed E-state index contributed by atoms with van der Waals surface area (Å²) in [5.41, 5.74) is 0.125. The van der Waals surface area contributed by atoms with Crippen molar-refractivity contribution in [2.24, 2.45) is 4.99 Å². The Morgan fingerprint density at radius 3 is 2.82 bits per heavy atom. The summed E-state index contributed by atoms with van der Waals surface area (Å²) in [5, 5.41) is 16.4. The molecular weight excluding hydrogens is 435 g/mol. The number of carbonyl (C=O) groups excluding carboxylic acids is 1. The van der Waals surface area contributed by atoms with Crippen LogP contribution in [0.2, 0.25) is 0 Å². The largest absolute Gasteiger partial charge is 0.508 e. The van der Waals surface area contributed by atoms with E-state index in [1.807, 2.05) is 0 Å². The number of aromatic nitrogens is 3. The van der Waals surface area contributed by atoms with Gasteiger partial charge in [0, 0.05) is 30.0 Å². The fraction of sp³-hybridized carbons (Fsp3) is 0.130. The molecule has 1 aliphatic carbocycles. The molecular formula is C23H18F3N5O2. The van der Waals surface area contributed by atoms with Crippen molar-refractivity contribution < 1.29 is 23.1 Å². The van der Waals surface area contributed by atoms with Crippen LogP contribution in [-0.2, 0) is 11.0 Å². The fourth-order valence-electron chi connectivity index (χ4n) is 3.21. The van der Waals surface area contributed by atoms with Gasteiger partial charge in [-0.05, 0) is 42.8 Å². The van der Waals surface area contributed by atoms with Gasteiger partial charge in [0.25, 0.3) is 5.91 Å². The van der Waals surface area contributed by atoms with Gasteiger partial charge in [0.2, 0.25) is 0 Å². The number of hydrogen-bond acceptors (Lipinski definition) is 5. The van der Waals surface area contributed by atoms with Crippen molar-refractivity contribution in [3.63, 3.8) is 0 Å². The normalized spacial score (nSPS) is 16.2. The summed E-state index contributed by atoms with van der Waals surface area (Å²) in [6, 6.07) is 4.20. The van der Waals surface area contributed by atoms with Crippen molar-refractivity contribution in [2.75, 3.05) is 0 Å². The van der Waals surface area contributed by atoms with Crippen molar-refractivity contribution in [3.8, 4) is 11.3 Å². The molecule has 2 N–H and O–H groups in total. The van der Waals surface area contributed by atoms with Gasteiger partial charge in [-0.25, -0.2) is 9.67 Å². The third kappa shape index (κ3) is 5.17. The monoisotopic (exact) mass is 453 g/mol. The molecule has 0 fully saturated rings. The van der Waals surface area contributed by atoms with E-state index >= 15 is 0 Å². The molecule has 2 aromatic rings. The predicted molar refractivity (Wildman–Crippen MR) is 117 cm³/mol. The number of halogens is 3. The third-order valence-corrected chi connectivity index (χ3v) is 4.78. The Kier molecular flexibility index (Phi) is 6.07. The second-order valence-electron chi connectivity index (χ2n) is 7.15. The molecule has 0 aromatic carbocycles. The SMILES string of the molecule is O=C(NC1=NC=C(n2nc(-c3cccnc3)cc2C(F)(F)F)CC=C1)C1=CC(O)=CC=CC1. The van der Waals surface area contributed by atoms with Gasteiger partial charge in [0.15, 0.2) is 0 Å². The van der Waals surface area contributed by atoms with Crippen molar-refractivity contribution >= 4 is 17.4 Å². The van der Waals surface area contributed by atoms with Gasteiger partial charge in [-0.2, -0.15) is 18.3 Å². The highest BCUT2D eigenvalue weighted by Crippen LogP contribution is 2.34. The Morgan fingerprint density at radius 1 is 1.21 bits per heavy atom. The summed E-state index contributed by atoms with van der Waals surface area (Å²) in [5.74, 6) is -0.381. The molecule has 10 heteroatoms. The highest BCUT2D eigenvalue weighted by Gasteiger charge is 2.37. The lowest BCUT2D eigenvalue weighted by molar-refractivity contribution is -0.142. The number of amidine groups is 1. The second-order valence-corrected chi connectivity index (χ2v) is 7.15. The van der Waals surface area contributed by atoms with Crippen molar-refractivity contribution in [1.82, 2.24) is 20.1 Å². The van der Waals surface area contributed by atoms with E-state index in [2.05, 4.69) is 20.4 Å². The van der Waals surface area contributed by atoms with Crippen molar-refractivity contribution in [3.05, 3.63) is 90.3 Å². The lowest BCUT2D eigenvalue weighted by Crippen LogP contribution is -2.30. The average molecular weight is 453 g/mol. The number of rotatable bonds is 3. The average Bonchev–Trinajstić information content (AvgIpc) is 2.95. The second kappa shape index (κ2) is 9.11. The first-order chi connectivity index (χ1) is 15.8. The molecule has 0 bridgehead atoms. The lowest BCUT2D eigenvalue weighted by Gasteiger charge is -2.11. The van der Waals surface area contributed by atoms with E-state index in [1.54, 1.807) is 30.4 Å². The van der Waals surface area contributed by atoms with E-state index in [9.17, 15) is 23.1 Å². The third-order valence-electron chi connectivity index (χ3n) is 4.78. The van der Waals surface area contributed by atoms with E-state index in [0.717, 1.165) is 10.7 Å². The number of aliphatic imine (C=N–C) groups is 1. The summed E-state index contributed by atoms with van der Waals surface area (Å²) < 4.78 is 41.9. The Labute approximate surface area is 186 Å². The Morgan fingerprint density at radius 2 is 2.06 bits per heavy atom. The van der Waals surface area contributed by atoms with Crippen LogP contribution in [0.25, 0.3) is 17.0 Å². The highest BCUT2D eigenvalue weighted by atomic mass is 19.4. The number of aliphatic hydroxyl groups is 1. The van der Waals surface area contributed by atoms with E-state index in [4.69, 9.17) is 0 Å². The molecule has 0 unspecified atom stereocenters. The first kappa shape index (κ1) is 22.0. The topological polar surface area (TPSA) is 92.4 Å². The van der Waals surface area contributed by atoms with Crippen LogP contribution in [0.4, 0.5) is 13.2 Å². The highest BCUT2D eigenvalue weighted by molar-refractivity contribution is 6.10. The minimum atomic E-state index is -4.64. The van der Waals surface area contributed by atoms with Gasteiger partial charge < -0.3 is 10.4 Å². The number of nitrogens with zero attached hydrogens (tertiary/aromatic N) is 4. The maximum atomic E-state index is 13.7. The Hall–Kier alpha value is -4.21. The number of amides is 1. The number of nitrogens with one attached hydrogen (secondary N) is 1. The maximum Gasteiger partial charge on any atom is 0.433 e. The summed E-state index contributed by atoms with van der Waals surface area (Å²) in [6.07, 6.45) is 9.21. The zero-order chi connectivity index (χ0) is 23.4. The zero-order valence-electron chi connectivity index (χ0n) is 17.1. The van der Waals surface area contributed by atoms with Crippen LogP contribution in [0.5, 0.6) is 0 Å². The quantitative estimate of drug-likeness (QED) is 0.713. The van der Waals surface area contributed by atoms with Crippen LogP contribution in [0.15, 0.2) is 89.6 Å². The van der Waals surface area contributed by atoms with Crippen LogP contribution in [0.1, 0.15) is 18.5 Å². The molecule has 2 aliphatic rings. The first-order valence-corrected chi connectivity index (χ1v) is 9.90. The van der Waals surface area contributed by atoms with E-state index in [-0.39, 0.29) is 29.4 Å². The van der Waals surface area contributed by atoms with E-state index in [0.29, 0.717) is 17.6 Å². The summed E-state index contributed by atoms with van der Waals surface area (Å²) in [6.45, 7) is 0. The molecule has 1 amide bonds. The number of alkyl halides is 3. The first-order valence-electron chi connectivity index (χ1n) is 9.90. The molecule has 3 heterocycles. The number of carbonyl (C=O) groups is 1. The molecule has 0 atom stereocenters. The minimum absolute atomic E-state index is 0.0581. The number of hydrogen-bond donors (Lipinski definition) is 2. The summed E-state index contributed by atoms with van der Waals surface area (Å²) >= 11 is 0.